The molecule has 0 unspecified atom stereocenters. The number of aryl methyl sites for hydroxylation is 1. The van der Waals surface area contributed by atoms with Gasteiger partial charge in [0.15, 0.2) is 0 Å². The van der Waals surface area contributed by atoms with E-state index >= 15 is 0 Å². The molecule has 1 aromatic carbocycles. The van der Waals surface area contributed by atoms with E-state index in [0.717, 1.165) is 11.6 Å². The van der Waals surface area contributed by atoms with Crippen LogP contribution in [0, 0.1) is 6.92 Å². The summed E-state index contributed by atoms with van der Waals surface area (Å²) < 4.78 is 6.55. The SMILES string of the molecule is Cc1cccn2c(=O)cc(OC(=O)c3ccc(Cl)cc3Cl)nc12. The summed E-state index contributed by atoms with van der Waals surface area (Å²) in [5.41, 5.74) is 1.00. The highest BCUT2D eigenvalue weighted by atomic mass is 35.5. The number of nitrogens with zero attached hydrogens (tertiary/aromatic N) is 2. The van der Waals surface area contributed by atoms with E-state index in [1.807, 2.05) is 13.0 Å². The number of ether oxygens (including phenoxy) is 1. The topological polar surface area (TPSA) is 60.7 Å². The molecule has 0 amide bonds. The Morgan fingerprint density at radius 3 is 2.74 bits per heavy atom. The van der Waals surface area contributed by atoms with Gasteiger partial charge in [-0.05, 0) is 36.8 Å². The summed E-state index contributed by atoms with van der Waals surface area (Å²) in [6, 6.07) is 9.11. The van der Waals surface area contributed by atoms with E-state index in [0.29, 0.717) is 10.7 Å². The van der Waals surface area contributed by atoms with Crippen molar-refractivity contribution >= 4 is 34.8 Å². The van der Waals surface area contributed by atoms with Gasteiger partial charge in [0, 0.05) is 11.2 Å². The van der Waals surface area contributed by atoms with E-state index in [-0.39, 0.29) is 22.0 Å². The number of fused-ring (bicyclic) bond motifs is 1. The Morgan fingerprint density at radius 2 is 2.00 bits per heavy atom. The Morgan fingerprint density at radius 1 is 1.22 bits per heavy atom. The van der Waals surface area contributed by atoms with Crippen LogP contribution in [0.15, 0.2) is 47.4 Å². The fraction of sp³-hybridized carbons (Fsp3) is 0.0625. The number of hydrogen-bond acceptors (Lipinski definition) is 4. The number of carbonyl (C=O) groups excluding carboxylic acids is 1. The zero-order chi connectivity index (χ0) is 16.6. The van der Waals surface area contributed by atoms with Gasteiger partial charge in [0.2, 0.25) is 5.88 Å². The molecule has 7 heteroatoms. The highest BCUT2D eigenvalue weighted by Crippen LogP contribution is 2.22. The molecule has 0 fully saturated rings. The van der Waals surface area contributed by atoms with Crippen molar-refractivity contribution in [1.82, 2.24) is 9.38 Å². The maximum Gasteiger partial charge on any atom is 0.346 e. The van der Waals surface area contributed by atoms with Crippen LogP contribution in [-0.4, -0.2) is 15.4 Å². The summed E-state index contributed by atoms with van der Waals surface area (Å²) in [6.45, 7) is 1.81. The normalized spacial score (nSPS) is 10.7. The second kappa shape index (κ2) is 6.02. The largest absolute Gasteiger partial charge is 0.404 e. The molecule has 0 bridgehead atoms. The van der Waals surface area contributed by atoms with Crippen LogP contribution in [0.25, 0.3) is 5.65 Å². The van der Waals surface area contributed by atoms with E-state index in [2.05, 4.69) is 4.98 Å². The van der Waals surface area contributed by atoms with E-state index in [1.54, 1.807) is 12.3 Å². The Bertz CT molecular complexity index is 983. The monoisotopic (exact) mass is 348 g/mol. The van der Waals surface area contributed by atoms with E-state index < -0.39 is 5.97 Å². The molecule has 3 aromatic rings. The zero-order valence-electron chi connectivity index (χ0n) is 11.9. The Hall–Kier alpha value is -2.37. The lowest BCUT2D eigenvalue weighted by Gasteiger charge is -2.07. The molecule has 0 aliphatic heterocycles. The lowest BCUT2D eigenvalue weighted by atomic mass is 10.2. The minimum absolute atomic E-state index is 0.0830. The van der Waals surface area contributed by atoms with Crippen molar-refractivity contribution in [3.05, 3.63) is 74.1 Å². The van der Waals surface area contributed by atoms with Gasteiger partial charge in [-0.25, -0.2) is 4.79 Å². The van der Waals surface area contributed by atoms with Crippen LogP contribution in [0.2, 0.25) is 10.0 Å². The minimum atomic E-state index is -0.712. The maximum atomic E-state index is 12.2. The molecule has 0 atom stereocenters. The first-order valence-corrected chi connectivity index (χ1v) is 7.37. The smallest absolute Gasteiger partial charge is 0.346 e. The summed E-state index contributed by atoms with van der Waals surface area (Å²) in [5, 5.41) is 0.570. The van der Waals surface area contributed by atoms with Crippen LogP contribution in [-0.2, 0) is 0 Å². The van der Waals surface area contributed by atoms with Gasteiger partial charge in [-0.15, -0.1) is 0 Å². The molecule has 0 aliphatic rings. The van der Waals surface area contributed by atoms with Gasteiger partial charge in [0.25, 0.3) is 5.56 Å². The lowest BCUT2D eigenvalue weighted by Crippen LogP contribution is -2.17. The number of aromatic nitrogens is 2. The average molecular weight is 349 g/mol. The fourth-order valence-corrected chi connectivity index (χ4v) is 2.58. The van der Waals surface area contributed by atoms with Gasteiger partial charge in [0.05, 0.1) is 16.7 Å². The summed E-state index contributed by atoms with van der Waals surface area (Å²) >= 11 is 11.8. The summed E-state index contributed by atoms with van der Waals surface area (Å²) in [5.74, 6) is -0.795. The van der Waals surface area contributed by atoms with Gasteiger partial charge in [0.1, 0.15) is 5.65 Å². The van der Waals surface area contributed by atoms with Crippen molar-refractivity contribution in [2.75, 3.05) is 0 Å². The molecule has 3 rings (SSSR count). The minimum Gasteiger partial charge on any atom is -0.404 e. The molecule has 0 radical (unpaired) electrons. The average Bonchev–Trinajstić information content (AvgIpc) is 2.48. The third-order valence-corrected chi connectivity index (χ3v) is 3.76. The van der Waals surface area contributed by atoms with Crippen molar-refractivity contribution in [1.29, 1.82) is 0 Å². The molecule has 0 saturated heterocycles. The fourth-order valence-electron chi connectivity index (χ4n) is 2.10. The van der Waals surface area contributed by atoms with Crippen LogP contribution in [0.1, 0.15) is 15.9 Å². The van der Waals surface area contributed by atoms with Crippen molar-refractivity contribution in [3.63, 3.8) is 0 Å². The summed E-state index contributed by atoms with van der Waals surface area (Å²) in [6.07, 6.45) is 1.60. The lowest BCUT2D eigenvalue weighted by molar-refractivity contribution is 0.0728. The number of rotatable bonds is 2. The van der Waals surface area contributed by atoms with Crippen LogP contribution in [0.3, 0.4) is 0 Å². The second-order valence-electron chi connectivity index (χ2n) is 4.83. The van der Waals surface area contributed by atoms with Crippen molar-refractivity contribution in [3.8, 4) is 5.88 Å². The summed E-state index contributed by atoms with van der Waals surface area (Å²) in [7, 11) is 0. The predicted octanol–water partition coefficient (Wildman–Crippen LogP) is 3.53. The molecule has 0 aliphatic carbocycles. The van der Waals surface area contributed by atoms with Gasteiger partial charge in [-0.3, -0.25) is 9.20 Å². The Labute approximate surface area is 141 Å². The first kappa shape index (κ1) is 15.5. The third kappa shape index (κ3) is 3.06. The van der Waals surface area contributed by atoms with Crippen molar-refractivity contribution in [2.24, 2.45) is 0 Å². The molecule has 0 N–H and O–H groups in total. The molecule has 2 aromatic heterocycles. The zero-order valence-corrected chi connectivity index (χ0v) is 13.4. The van der Waals surface area contributed by atoms with Crippen LogP contribution in [0.4, 0.5) is 0 Å². The van der Waals surface area contributed by atoms with Crippen molar-refractivity contribution < 1.29 is 9.53 Å². The molecule has 0 spiro atoms. The quantitative estimate of drug-likeness (QED) is 0.664. The van der Waals surface area contributed by atoms with Crippen LogP contribution < -0.4 is 10.3 Å². The maximum absolute atomic E-state index is 12.2. The molecule has 0 saturated carbocycles. The highest BCUT2D eigenvalue weighted by Gasteiger charge is 2.15. The standard InChI is InChI=1S/C16H10Cl2N2O3/c1-9-3-2-6-20-14(21)8-13(19-15(9)20)23-16(22)11-5-4-10(17)7-12(11)18/h2-8H,1H3. The molecule has 116 valence electrons. The van der Waals surface area contributed by atoms with E-state index in [1.165, 1.54) is 22.6 Å². The Kier molecular flexibility index (Phi) is 4.07. The third-order valence-electron chi connectivity index (χ3n) is 3.21. The summed E-state index contributed by atoms with van der Waals surface area (Å²) in [4.78, 5) is 28.4. The predicted molar refractivity (Wildman–Crippen MR) is 87.6 cm³/mol. The number of hydrogen-bond donors (Lipinski definition) is 0. The molecule has 23 heavy (non-hydrogen) atoms. The molecular formula is C16H10Cl2N2O3. The van der Waals surface area contributed by atoms with Crippen LogP contribution in [0.5, 0.6) is 5.88 Å². The second-order valence-corrected chi connectivity index (χ2v) is 5.67. The van der Waals surface area contributed by atoms with Crippen LogP contribution >= 0.6 is 23.2 Å². The van der Waals surface area contributed by atoms with Gasteiger partial charge in [-0.1, -0.05) is 29.3 Å². The molecule has 2 heterocycles. The first-order valence-electron chi connectivity index (χ1n) is 6.62. The number of carbonyl (C=O) groups is 1. The van der Waals surface area contributed by atoms with Gasteiger partial charge in [-0.2, -0.15) is 4.98 Å². The molecule has 5 nitrogen and oxygen atoms in total. The molecular weight excluding hydrogens is 339 g/mol. The number of benzene rings is 1. The van der Waals surface area contributed by atoms with Crippen molar-refractivity contribution in [2.45, 2.75) is 6.92 Å². The van der Waals surface area contributed by atoms with E-state index in [4.69, 9.17) is 27.9 Å². The van der Waals surface area contributed by atoms with E-state index in [9.17, 15) is 9.59 Å². The highest BCUT2D eigenvalue weighted by molar-refractivity contribution is 6.36. The number of pyridine rings is 1. The first-order chi connectivity index (χ1) is 11.0. The van der Waals surface area contributed by atoms with Gasteiger partial charge < -0.3 is 4.74 Å². The number of esters is 1. The van der Waals surface area contributed by atoms with Gasteiger partial charge >= 0.3 is 5.97 Å². The number of halogens is 2. The Balaban J connectivity index is 2.00.